The van der Waals surface area contributed by atoms with Crippen molar-refractivity contribution in [2.75, 3.05) is 51.0 Å². The highest BCUT2D eigenvalue weighted by Gasteiger charge is 2.36. The Labute approximate surface area is 121 Å². The number of carbonyl (C=O) groups excluding carboxylic acids is 1. The molecule has 0 bridgehead atoms. The topological polar surface area (TPSA) is 84.9 Å². The number of urea groups is 1. The van der Waals surface area contributed by atoms with Gasteiger partial charge in [0.1, 0.15) is 6.61 Å². The highest BCUT2D eigenvalue weighted by Crippen LogP contribution is 2.18. The van der Waals surface area contributed by atoms with Gasteiger partial charge in [-0.3, -0.25) is 0 Å². The molecule has 2 aliphatic rings. The molecular formula is C11H18F2N2O5S. The number of hydrogen-bond acceptors (Lipinski definition) is 5. The maximum absolute atomic E-state index is 13.3. The van der Waals surface area contributed by atoms with Gasteiger partial charge in [-0.2, -0.15) is 0 Å². The molecule has 2 amide bonds. The van der Waals surface area contributed by atoms with Gasteiger partial charge < -0.3 is 19.7 Å². The first kappa shape index (κ1) is 16.4. The van der Waals surface area contributed by atoms with Crippen LogP contribution in [0.25, 0.3) is 0 Å². The summed E-state index contributed by atoms with van der Waals surface area (Å²) in [6.07, 6.45) is -0.642. The van der Waals surface area contributed by atoms with Crippen LogP contribution in [0.4, 0.5) is 13.6 Å². The zero-order valence-corrected chi connectivity index (χ0v) is 12.2. The molecule has 2 aliphatic heterocycles. The first-order valence-corrected chi connectivity index (χ1v) is 8.40. The van der Waals surface area contributed by atoms with E-state index in [1.807, 2.05) is 0 Å². The van der Waals surface area contributed by atoms with Crippen LogP contribution in [0, 0.1) is 0 Å². The summed E-state index contributed by atoms with van der Waals surface area (Å²) >= 11 is 0. The molecule has 0 saturated carbocycles. The lowest BCUT2D eigenvalue weighted by molar-refractivity contribution is -0.0652. The van der Waals surface area contributed by atoms with Gasteiger partial charge >= 0.3 is 6.03 Å². The molecule has 1 N–H and O–H groups in total. The van der Waals surface area contributed by atoms with Crippen molar-refractivity contribution in [1.82, 2.24) is 10.2 Å². The Balaban J connectivity index is 1.83. The van der Waals surface area contributed by atoms with Gasteiger partial charge in [-0.15, -0.1) is 0 Å². The molecule has 1 atom stereocenters. The summed E-state index contributed by atoms with van der Waals surface area (Å²) in [5, 5.41) is 2.43. The van der Waals surface area contributed by atoms with Gasteiger partial charge in [0.15, 0.2) is 9.84 Å². The van der Waals surface area contributed by atoms with E-state index >= 15 is 0 Å². The van der Waals surface area contributed by atoms with Crippen LogP contribution in [-0.4, -0.2) is 82.3 Å². The first-order valence-electron chi connectivity index (χ1n) is 6.58. The zero-order chi connectivity index (χ0) is 15.5. The Bertz CT molecular complexity index is 485. The monoisotopic (exact) mass is 328 g/mol. The van der Waals surface area contributed by atoms with Crippen molar-refractivity contribution < 1.29 is 31.5 Å². The van der Waals surface area contributed by atoms with Crippen molar-refractivity contribution in [3.63, 3.8) is 0 Å². The highest BCUT2D eigenvalue weighted by molar-refractivity contribution is 7.91. The van der Waals surface area contributed by atoms with Crippen molar-refractivity contribution in [3.05, 3.63) is 0 Å². The van der Waals surface area contributed by atoms with E-state index in [2.05, 4.69) is 5.32 Å². The Hall–Kier alpha value is -1.00. The van der Waals surface area contributed by atoms with Gasteiger partial charge in [0.05, 0.1) is 37.4 Å². The van der Waals surface area contributed by atoms with E-state index in [1.165, 1.54) is 0 Å². The number of carbonyl (C=O) groups is 1. The maximum Gasteiger partial charge on any atom is 0.317 e. The van der Waals surface area contributed by atoms with Crippen LogP contribution in [0.1, 0.15) is 0 Å². The molecule has 1 unspecified atom stereocenters. The maximum atomic E-state index is 13.3. The third-order valence-corrected chi connectivity index (χ3v) is 4.87. The van der Waals surface area contributed by atoms with E-state index in [-0.39, 0.29) is 37.8 Å². The quantitative estimate of drug-likeness (QED) is 0.737. The molecule has 2 rings (SSSR count). The van der Waals surface area contributed by atoms with E-state index in [9.17, 15) is 22.0 Å². The smallest absolute Gasteiger partial charge is 0.317 e. The summed E-state index contributed by atoms with van der Waals surface area (Å²) in [6.45, 7) is -1.27. The summed E-state index contributed by atoms with van der Waals surface area (Å²) < 4.78 is 59.4. The number of ether oxygens (including phenoxy) is 2. The summed E-state index contributed by atoms with van der Waals surface area (Å²) in [4.78, 5) is 12.8. The number of sulfone groups is 1. The minimum atomic E-state index is -3.16. The lowest BCUT2D eigenvalue weighted by Crippen LogP contribution is -2.49. The predicted molar refractivity (Wildman–Crippen MR) is 69.1 cm³/mol. The first-order chi connectivity index (χ1) is 9.77. The Morgan fingerprint density at radius 3 is 2.86 bits per heavy atom. The normalized spacial score (nSPS) is 28.7. The molecule has 0 aliphatic carbocycles. The number of amides is 2. The lowest BCUT2D eigenvalue weighted by Gasteiger charge is -2.26. The average molecular weight is 328 g/mol. The molecule has 0 aromatic heterocycles. The Kier molecular flexibility index (Phi) is 4.99. The molecule has 21 heavy (non-hydrogen) atoms. The third-order valence-electron chi connectivity index (χ3n) is 3.20. The summed E-state index contributed by atoms with van der Waals surface area (Å²) in [7, 11) is -3.16. The Morgan fingerprint density at radius 1 is 1.38 bits per heavy atom. The highest BCUT2D eigenvalue weighted by atomic mass is 32.2. The van der Waals surface area contributed by atoms with Crippen molar-refractivity contribution >= 4 is 15.9 Å². The number of alkyl halides is 2. The minimum Gasteiger partial charge on any atom is -0.374 e. The minimum absolute atomic E-state index is 0.0268. The fourth-order valence-electron chi connectivity index (χ4n) is 2.16. The number of nitrogens with one attached hydrogen (secondary N) is 1. The molecular weight excluding hydrogens is 310 g/mol. The van der Waals surface area contributed by atoms with Gasteiger partial charge in [0, 0.05) is 13.1 Å². The second-order valence-electron chi connectivity index (χ2n) is 5.12. The number of hydrogen-bond donors (Lipinski definition) is 1. The molecule has 0 aromatic carbocycles. The van der Waals surface area contributed by atoms with Crippen LogP contribution in [0.5, 0.6) is 0 Å². The second kappa shape index (κ2) is 6.41. The zero-order valence-electron chi connectivity index (χ0n) is 11.4. The second-order valence-corrected chi connectivity index (χ2v) is 7.35. The largest absolute Gasteiger partial charge is 0.374 e. The SMILES string of the molecule is O=C(NCC1CS(=O)(=O)CCO1)N1CCOCC(F)(F)C1. The van der Waals surface area contributed by atoms with E-state index in [0.29, 0.717) is 0 Å². The van der Waals surface area contributed by atoms with E-state index < -0.39 is 41.0 Å². The number of halogens is 2. The van der Waals surface area contributed by atoms with Crippen LogP contribution >= 0.6 is 0 Å². The van der Waals surface area contributed by atoms with Crippen molar-refractivity contribution in [1.29, 1.82) is 0 Å². The van der Waals surface area contributed by atoms with Gasteiger partial charge in [0.2, 0.25) is 0 Å². The van der Waals surface area contributed by atoms with Gasteiger partial charge in [-0.1, -0.05) is 0 Å². The van der Waals surface area contributed by atoms with Gasteiger partial charge in [-0.25, -0.2) is 22.0 Å². The predicted octanol–water partition coefficient (Wildman–Crippen LogP) is -0.523. The molecule has 0 aromatic rings. The van der Waals surface area contributed by atoms with E-state index in [0.717, 1.165) is 4.90 Å². The molecule has 0 radical (unpaired) electrons. The van der Waals surface area contributed by atoms with Crippen LogP contribution in [-0.2, 0) is 19.3 Å². The molecule has 0 spiro atoms. The number of rotatable bonds is 2. The summed E-state index contributed by atoms with van der Waals surface area (Å²) in [5.74, 6) is -3.29. The van der Waals surface area contributed by atoms with Gasteiger partial charge in [-0.05, 0) is 0 Å². The summed E-state index contributed by atoms with van der Waals surface area (Å²) in [5.41, 5.74) is 0. The molecule has 2 saturated heterocycles. The molecule has 2 fully saturated rings. The average Bonchev–Trinajstić information content (AvgIpc) is 2.56. The van der Waals surface area contributed by atoms with E-state index in [1.54, 1.807) is 0 Å². The van der Waals surface area contributed by atoms with E-state index in [4.69, 9.17) is 9.47 Å². The molecule has 7 nitrogen and oxygen atoms in total. The van der Waals surface area contributed by atoms with Gasteiger partial charge in [0.25, 0.3) is 5.92 Å². The fraction of sp³-hybridized carbons (Fsp3) is 0.909. The van der Waals surface area contributed by atoms with Crippen LogP contribution in [0.15, 0.2) is 0 Å². The van der Waals surface area contributed by atoms with Crippen molar-refractivity contribution in [2.24, 2.45) is 0 Å². The molecule has 10 heteroatoms. The van der Waals surface area contributed by atoms with Crippen molar-refractivity contribution in [3.8, 4) is 0 Å². The van der Waals surface area contributed by atoms with Crippen LogP contribution in [0.2, 0.25) is 0 Å². The fourth-order valence-corrected chi connectivity index (χ4v) is 3.46. The Morgan fingerprint density at radius 2 is 2.14 bits per heavy atom. The van der Waals surface area contributed by atoms with Crippen LogP contribution in [0.3, 0.4) is 0 Å². The lowest BCUT2D eigenvalue weighted by atomic mass is 10.3. The third kappa shape index (κ3) is 5.04. The summed E-state index contributed by atoms with van der Waals surface area (Å²) in [6, 6.07) is -0.674. The molecule has 2 heterocycles. The molecule has 122 valence electrons. The van der Waals surface area contributed by atoms with Crippen molar-refractivity contribution in [2.45, 2.75) is 12.0 Å². The van der Waals surface area contributed by atoms with Crippen LogP contribution < -0.4 is 5.32 Å². The number of nitrogens with zero attached hydrogens (tertiary/aromatic N) is 1. The standard InChI is InChI=1S/C11H18F2N2O5S/c12-11(13)7-15(1-2-19-8-11)10(16)14-5-9-6-21(17,18)4-3-20-9/h9H,1-8H2,(H,14,16).